The van der Waals surface area contributed by atoms with Crippen molar-refractivity contribution in [3.63, 3.8) is 0 Å². The zero-order valence-electron chi connectivity index (χ0n) is 16.6. The molecule has 7 heteroatoms. The van der Waals surface area contributed by atoms with Crippen molar-refractivity contribution >= 4 is 21.8 Å². The number of carbonyl (C=O) groups excluding carboxylic acids is 2. The number of aryl methyl sites for hydroxylation is 1. The van der Waals surface area contributed by atoms with Gasteiger partial charge < -0.3 is 4.74 Å². The molecule has 0 radical (unpaired) electrons. The number of Topliss-reactive ketones (excluding diaryl/α,β-unsaturated/α-hetero) is 1. The normalized spacial score (nSPS) is 24.9. The summed E-state index contributed by atoms with van der Waals surface area (Å²) in [6, 6.07) is 7.48. The maximum absolute atomic E-state index is 12.1. The molecule has 1 saturated carbocycles. The highest BCUT2D eigenvalue weighted by Gasteiger charge is 2.47. The van der Waals surface area contributed by atoms with Gasteiger partial charge in [-0.25, -0.2) is 13.1 Å². The third-order valence-electron chi connectivity index (χ3n) is 5.96. The molecule has 0 aromatic heterocycles. The second-order valence-electron chi connectivity index (χ2n) is 8.27. The van der Waals surface area contributed by atoms with Gasteiger partial charge in [0, 0.05) is 12.5 Å². The Kier molecular flexibility index (Phi) is 6.25. The quantitative estimate of drug-likeness (QED) is 0.554. The van der Waals surface area contributed by atoms with E-state index >= 15 is 0 Å². The van der Waals surface area contributed by atoms with E-state index in [1.807, 2.05) is 24.3 Å². The molecule has 1 aromatic carbocycles. The first-order chi connectivity index (χ1) is 13.2. The Bertz CT molecular complexity index is 809. The Balaban J connectivity index is 1.69. The summed E-state index contributed by atoms with van der Waals surface area (Å²) in [5, 5.41) is 0. The topological polar surface area (TPSA) is 89.5 Å². The second kappa shape index (κ2) is 8.33. The molecule has 1 aliphatic carbocycles. The van der Waals surface area contributed by atoms with Crippen LogP contribution >= 0.6 is 0 Å². The van der Waals surface area contributed by atoms with Crippen LogP contribution < -0.4 is 4.72 Å². The van der Waals surface area contributed by atoms with E-state index in [0.29, 0.717) is 19.3 Å². The van der Waals surface area contributed by atoms with Crippen LogP contribution in [0.25, 0.3) is 0 Å². The fourth-order valence-corrected chi connectivity index (χ4v) is 5.38. The maximum Gasteiger partial charge on any atom is 0.313 e. The lowest BCUT2D eigenvalue weighted by Gasteiger charge is -2.41. The lowest BCUT2D eigenvalue weighted by atomic mass is 9.76. The van der Waals surface area contributed by atoms with Crippen LogP contribution in [0.1, 0.15) is 69.0 Å². The molecule has 6 nitrogen and oxygen atoms in total. The van der Waals surface area contributed by atoms with Crippen LogP contribution in [-0.4, -0.2) is 32.0 Å². The van der Waals surface area contributed by atoms with Crippen molar-refractivity contribution in [3.05, 3.63) is 35.4 Å². The summed E-state index contributed by atoms with van der Waals surface area (Å²) >= 11 is 0. The highest BCUT2D eigenvalue weighted by Crippen LogP contribution is 2.43. The summed E-state index contributed by atoms with van der Waals surface area (Å²) in [4.78, 5) is 24.1. The molecule has 1 aliphatic heterocycles. The summed E-state index contributed by atoms with van der Waals surface area (Å²) in [6.45, 7) is 1.80. The third-order valence-corrected chi connectivity index (χ3v) is 6.74. The van der Waals surface area contributed by atoms with Gasteiger partial charge in [-0.2, -0.15) is 0 Å². The van der Waals surface area contributed by atoms with Gasteiger partial charge in [0.2, 0.25) is 10.0 Å². The first-order valence-corrected chi connectivity index (χ1v) is 11.9. The number of hydrogen-bond acceptors (Lipinski definition) is 5. The molecule has 2 aliphatic rings. The van der Waals surface area contributed by atoms with E-state index in [1.165, 1.54) is 0 Å². The number of sulfonamides is 1. The van der Waals surface area contributed by atoms with E-state index in [1.54, 1.807) is 6.92 Å². The summed E-state index contributed by atoms with van der Waals surface area (Å²) in [5.41, 5.74) is 1.31. The van der Waals surface area contributed by atoms with Gasteiger partial charge in [0.15, 0.2) is 0 Å². The van der Waals surface area contributed by atoms with Crippen LogP contribution in [0.5, 0.6) is 0 Å². The largest absolute Gasteiger partial charge is 0.458 e. The number of ketones is 1. The predicted octanol–water partition coefficient (Wildman–Crippen LogP) is 3.06. The zero-order chi connectivity index (χ0) is 20.4. The van der Waals surface area contributed by atoms with E-state index in [2.05, 4.69) is 4.72 Å². The van der Waals surface area contributed by atoms with Gasteiger partial charge in [0.25, 0.3) is 0 Å². The number of ether oxygens (including phenoxy) is 1. The molecule has 1 heterocycles. The van der Waals surface area contributed by atoms with Crippen molar-refractivity contribution in [2.24, 2.45) is 5.92 Å². The van der Waals surface area contributed by atoms with Crippen molar-refractivity contribution in [1.82, 2.24) is 4.72 Å². The van der Waals surface area contributed by atoms with Gasteiger partial charge in [0.05, 0.1) is 6.26 Å². The average Bonchev–Trinajstić information content (AvgIpc) is 3.13. The van der Waals surface area contributed by atoms with Gasteiger partial charge in [-0.3, -0.25) is 9.59 Å². The van der Waals surface area contributed by atoms with E-state index in [9.17, 15) is 18.0 Å². The van der Waals surface area contributed by atoms with Crippen molar-refractivity contribution in [2.75, 3.05) is 6.26 Å². The van der Waals surface area contributed by atoms with Gasteiger partial charge in [-0.1, -0.05) is 37.1 Å². The number of benzene rings is 1. The van der Waals surface area contributed by atoms with Gasteiger partial charge in [0.1, 0.15) is 17.8 Å². The molecule has 28 heavy (non-hydrogen) atoms. The molecular formula is C21H29NO5S. The van der Waals surface area contributed by atoms with Crippen LogP contribution in [0.4, 0.5) is 0 Å². The number of carbonyl (C=O) groups is 2. The fraction of sp³-hybridized carbons (Fsp3) is 0.619. The Hall–Kier alpha value is -1.73. The maximum atomic E-state index is 12.1. The zero-order valence-corrected chi connectivity index (χ0v) is 17.4. The average molecular weight is 408 g/mol. The molecule has 2 fully saturated rings. The monoisotopic (exact) mass is 407 g/mol. The summed E-state index contributed by atoms with van der Waals surface area (Å²) in [7, 11) is -3.26. The Morgan fingerprint density at radius 1 is 1.18 bits per heavy atom. The standard InChI is InChI=1S/C21H29NO5S/c1-15(22-28(2,25)26)17-9-7-16(8-10-17)11-12-21(18-5-3-4-6-18)14-19(23)13-20(24)27-21/h7-10,15,18,22H,3-6,11-14H2,1-2H3. The number of rotatable bonds is 7. The van der Waals surface area contributed by atoms with E-state index < -0.39 is 15.6 Å². The minimum Gasteiger partial charge on any atom is -0.458 e. The van der Waals surface area contributed by atoms with Crippen LogP contribution in [0.3, 0.4) is 0 Å². The number of esters is 1. The Morgan fingerprint density at radius 3 is 2.39 bits per heavy atom. The highest BCUT2D eigenvalue weighted by atomic mass is 32.2. The predicted molar refractivity (Wildman–Crippen MR) is 106 cm³/mol. The third kappa shape index (κ3) is 5.20. The molecule has 2 atom stereocenters. The SMILES string of the molecule is CC(NS(C)(=O)=O)c1ccc(CCC2(C3CCCC3)CC(=O)CC(=O)O2)cc1. The Labute approximate surface area is 167 Å². The summed E-state index contributed by atoms with van der Waals surface area (Å²) < 4.78 is 31.2. The molecule has 1 saturated heterocycles. The lowest BCUT2D eigenvalue weighted by Crippen LogP contribution is -2.48. The molecule has 3 rings (SSSR count). The number of hydrogen-bond donors (Lipinski definition) is 1. The Morgan fingerprint density at radius 2 is 1.82 bits per heavy atom. The number of nitrogens with one attached hydrogen (secondary N) is 1. The van der Waals surface area contributed by atoms with Crippen molar-refractivity contribution in [2.45, 2.75) is 69.9 Å². The van der Waals surface area contributed by atoms with Crippen molar-refractivity contribution < 1.29 is 22.7 Å². The van der Waals surface area contributed by atoms with Crippen molar-refractivity contribution in [1.29, 1.82) is 0 Å². The van der Waals surface area contributed by atoms with Gasteiger partial charge in [-0.05, 0) is 49.7 Å². The van der Waals surface area contributed by atoms with E-state index in [4.69, 9.17) is 4.74 Å². The molecule has 0 bridgehead atoms. The molecule has 2 unspecified atom stereocenters. The van der Waals surface area contributed by atoms with E-state index in [-0.39, 0.29) is 30.1 Å². The van der Waals surface area contributed by atoms with Crippen molar-refractivity contribution in [3.8, 4) is 0 Å². The highest BCUT2D eigenvalue weighted by molar-refractivity contribution is 7.88. The van der Waals surface area contributed by atoms with Gasteiger partial charge >= 0.3 is 5.97 Å². The summed E-state index contributed by atoms with van der Waals surface area (Å²) in [5.74, 6) is -0.141. The smallest absolute Gasteiger partial charge is 0.313 e. The van der Waals surface area contributed by atoms with E-state index in [0.717, 1.165) is 43.1 Å². The van der Waals surface area contributed by atoms with Crippen LogP contribution in [0, 0.1) is 5.92 Å². The molecule has 0 amide bonds. The first kappa shape index (κ1) is 21.0. The number of cyclic esters (lactones) is 1. The van der Waals surface area contributed by atoms with Crippen LogP contribution in [0.2, 0.25) is 0 Å². The minimum absolute atomic E-state index is 0.0147. The fourth-order valence-electron chi connectivity index (χ4n) is 4.60. The molecule has 0 spiro atoms. The molecule has 1 aromatic rings. The minimum atomic E-state index is -3.26. The molecular weight excluding hydrogens is 378 g/mol. The lowest BCUT2D eigenvalue weighted by molar-refractivity contribution is -0.178. The van der Waals surface area contributed by atoms with Crippen LogP contribution in [0.15, 0.2) is 24.3 Å². The van der Waals surface area contributed by atoms with Gasteiger partial charge in [-0.15, -0.1) is 0 Å². The molecule has 154 valence electrons. The molecule has 1 N–H and O–H groups in total. The summed E-state index contributed by atoms with van der Waals surface area (Å²) in [6.07, 6.45) is 6.99. The second-order valence-corrected chi connectivity index (χ2v) is 10.0. The first-order valence-electron chi connectivity index (χ1n) is 9.96. The van der Waals surface area contributed by atoms with Crippen LogP contribution in [-0.2, 0) is 30.8 Å².